The van der Waals surface area contributed by atoms with E-state index in [4.69, 9.17) is 0 Å². The van der Waals surface area contributed by atoms with Crippen molar-refractivity contribution in [2.45, 2.75) is 26.3 Å². The molecule has 0 atom stereocenters. The number of rotatable bonds is 3. The minimum Gasteiger partial charge on any atom is -0.346 e. The van der Waals surface area contributed by atoms with E-state index in [1.165, 1.54) is 27.3 Å². The lowest BCUT2D eigenvalue weighted by atomic mass is 10.2. The molecular weight excluding hydrogens is 285 g/mol. The van der Waals surface area contributed by atoms with Crippen LogP contribution in [0.5, 0.6) is 0 Å². The highest BCUT2D eigenvalue weighted by Gasteiger charge is 2.03. The average molecular weight is 299 g/mol. The van der Waals surface area contributed by atoms with Gasteiger partial charge in [-0.2, -0.15) is 0 Å². The molecule has 0 aliphatic rings. The average Bonchev–Trinajstić information content (AvgIpc) is 2.54. The number of para-hydroxylation sites is 1. The summed E-state index contributed by atoms with van der Waals surface area (Å²) in [6.45, 7) is 3.37. The molecule has 0 spiro atoms. The summed E-state index contributed by atoms with van der Waals surface area (Å²) in [5.74, 6) is 0. The Morgan fingerprint density at radius 3 is 2.86 bits per heavy atom. The number of benzene rings is 1. The van der Waals surface area contributed by atoms with E-state index in [0.717, 1.165) is 6.54 Å². The number of fused-ring (bicyclic) bond motifs is 1. The van der Waals surface area contributed by atoms with Crippen LogP contribution in [0.4, 0.5) is 0 Å². The zero-order valence-corrected chi connectivity index (χ0v) is 10.5. The van der Waals surface area contributed by atoms with Crippen LogP contribution >= 0.6 is 22.6 Å². The third kappa shape index (κ3) is 1.80. The van der Waals surface area contributed by atoms with Gasteiger partial charge in [0.1, 0.15) is 0 Å². The van der Waals surface area contributed by atoms with Crippen LogP contribution in [0.3, 0.4) is 0 Å². The molecule has 0 unspecified atom stereocenters. The van der Waals surface area contributed by atoms with Gasteiger partial charge in [0, 0.05) is 27.2 Å². The van der Waals surface area contributed by atoms with Crippen molar-refractivity contribution < 1.29 is 0 Å². The molecule has 1 aromatic heterocycles. The second-order valence-electron chi connectivity index (χ2n) is 3.54. The molecule has 0 amide bonds. The summed E-state index contributed by atoms with van der Waals surface area (Å²) in [5.41, 5.74) is 1.37. The van der Waals surface area contributed by atoms with Crippen molar-refractivity contribution in [2.24, 2.45) is 0 Å². The Hall–Kier alpha value is -0.510. The standard InChI is InChI=1S/C12H14IN/c1-2-3-8-14-9-11(13)10-6-4-5-7-12(10)14/h4-7,9H,2-3,8H2,1H3. The molecule has 1 nitrogen and oxygen atoms in total. The number of unbranched alkanes of at least 4 members (excludes halogenated alkanes) is 1. The van der Waals surface area contributed by atoms with Crippen LogP contribution in [0.2, 0.25) is 0 Å². The molecule has 0 aliphatic heterocycles. The van der Waals surface area contributed by atoms with Gasteiger partial charge in [-0.3, -0.25) is 0 Å². The zero-order valence-electron chi connectivity index (χ0n) is 8.33. The van der Waals surface area contributed by atoms with Gasteiger partial charge in [-0.1, -0.05) is 31.5 Å². The highest BCUT2D eigenvalue weighted by Crippen LogP contribution is 2.22. The lowest BCUT2D eigenvalue weighted by molar-refractivity contribution is 0.649. The molecule has 0 saturated carbocycles. The summed E-state index contributed by atoms with van der Waals surface area (Å²) in [7, 11) is 0. The first-order chi connectivity index (χ1) is 6.83. The van der Waals surface area contributed by atoms with E-state index in [2.05, 4.69) is 64.5 Å². The van der Waals surface area contributed by atoms with Crippen LogP contribution in [0.15, 0.2) is 30.5 Å². The largest absolute Gasteiger partial charge is 0.346 e. The van der Waals surface area contributed by atoms with Crippen molar-refractivity contribution in [1.29, 1.82) is 0 Å². The Morgan fingerprint density at radius 1 is 1.29 bits per heavy atom. The number of aryl methyl sites for hydroxylation is 1. The van der Waals surface area contributed by atoms with Crippen LogP contribution in [-0.4, -0.2) is 4.57 Å². The first kappa shape index (κ1) is 10.0. The Bertz CT molecular complexity index is 431. The van der Waals surface area contributed by atoms with E-state index in [-0.39, 0.29) is 0 Å². The molecule has 2 heteroatoms. The number of nitrogens with zero attached hydrogens (tertiary/aromatic N) is 1. The van der Waals surface area contributed by atoms with Gasteiger partial charge in [0.25, 0.3) is 0 Å². The van der Waals surface area contributed by atoms with E-state index in [0.29, 0.717) is 0 Å². The third-order valence-corrected chi connectivity index (χ3v) is 3.35. The molecule has 1 heterocycles. The summed E-state index contributed by atoms with van der Waals surface area (Å²) in [6.07, 6.45) is 4.76. The highest BCUT2D eigenvalue weighted by molar-refractivity contribution is 14.1. The van der Waals surface area contributed by atoms with Gasteiger partial charge < -0.3 is 4.57 Å². The Kier molecular flexibility index (Phi) is 3.11. The summed E-state index contributed by atoms with van der Waals surface area (Å²) < 4.78 is 3.72. The first-order valence-electron chi connectivity index (χ1n) is 5.06. The van der Waals surface area contributed by atoms with Gasteiger partial charge in [0.2, 0.25) is 0 Å². The predicted molar refractivity (Wildman–Crippen MR) is 69.6 cm³/mol. The minimum atomic E-state index is 1.14. The van der Waals surface area contributed by atoms with E-state index < -0.39 is 0 Å². The van der Waals surface area contributed by atoms with Gasteiger partial charge in [0.05, 0.1) is 0 Å². The summed E-state index contributed by atoms with van der Waals surface area (Å²) in [5, 5.41) is 1.38. The fourth-order valence-corrected chi connectivity index (χ4v) is 2.51. The molecule has 2 rings (SSSR count). The van der Waals surface area contributed by atoms with Crippen LogP contribution < -0.4 is 0 Å². The molecule has 0 bridgehead atoms. The SMILES string of the molecule is CCCCn1cc(I)c2ccccc21. The van der Waals surface area contributed by atoms with E-state index in [1.807, 2.05) is 0 Å². The van der Waals surface area contributed by atoms with Crippen LogP contribution in [-0.2, 0) is 6.54 Å². The number of halogens is 1. The third-order valence-electron chi connectivity index (χ3n) is 2.49. The second-order valence-corrected chi connectivity index (χ2v) is 4.70. The molecule has 1 aromatic carbocycles. The zero-order chi connectivity index (χ0) is 9.97. The van der Waals surface area contributed by atoms with E-state index in [1.54, 1.807) is 0 Å². The smallest absolute Gasteiger partial charge is 0.0491 e. The Morgan fingerprint density at radius 2 is 2.07 bits per heavy atom. The van der Waals surface area contributed by atoms with E-state index in [9.17, 15) is 0 Å². The molecule has 0 N–H and O–H groups in total. The summed E-state index contributed by atoms with van der Waals surface area (Å²) >= 11 is 2.41. The molecule has 14 heavy (non-hydrogen) atoms. The van der Waals surface area contributed by atoms with Gasteiger partial charge in [0.15, 0.2) is 0 Å². The lowest BCUT2D eigenvalue weighted by Crippen LogP contribution is -1.94. The van der Waals surface area contributed by atoms with Crippen LogP contribution in [0.1, 0.15) is 19.8 Å². The predicted octanol–water partition coefficient (Wildman–Crippen LogP) is 4.05. The highest BCUT2D eigenvalue weighted by atomic mass is 127. The van der Waals surface area contributed by atoms with Gasteiger partial charge in [-0.15, -0.1) is 0 Å². The Labute approximate surface area is 98.3 Å². The topological polar surface area (TPSA) is 4.93 Å². The van der Waals surface area contributed by atoms with Crippen molar-refractivity contribution >= 4 is 33.5 Å². The van der Waals surface area contributed by atoms with Crippen LogP contribution in [0, 0.1) is 3.57 Å². The number of hydrogen-bond donors (Lipinski definition) is 0. The molecular formula is C12H14IN. The molecule has 0 saturated heterocycles. The monoisotopic (exact) mass is 299 g/mol. The fourth-order valence-electron chi connectivity index (χ4n) is 1.72. The minimum absolute atomic E-state index is 1.14. The molecule has 0 radical (unpaired) electrons. The van der Waals surface area contributed by atoms with Crippen molar-refractivity contribution in [3.63, 3.8) is 0 Å². The number of aromatic nitrogens is 1. The molecule has 0 aliphatic carbocycles. The van der Waals surface area contributed by atoms with Crippen molar-refractivity contribution in [1.82, 2.24) is 4.57 Å². The van der Waals surface area contributed by atoms with Crippen molar-refractivity contribution in [3.05, 3.63) is 34.0 Å². The quantitative estimate of drug-likeness (QED) is 0.754. The maximum absolute atomic E-state index is 2.41. The van der Waals surface area contributed by atoms with Crippen molar-refractivity contribution in [3.8, 4) is 0 Å². The second kappa shape index (κ2) is 4.34. The van der Waals surface area contributed by atoms with Gasteiger partial charge >= 0.3 is 0 Å². The fraction of sp³-hybridized carbons (Fsp3) is 0.333. The maximum Gasteiger partial charge on any atom is 0.0491 e. The van der Waals surface area contributed by atoms with Gasteiger partial charge in [-0.05, 0) is 35.1 Å². The summed E-state index contributed by atoms with van der Waals surface area (Å²) in [4.78, 5) is 0. The first-order valence-corrected chi connectivity index (χ1v) is 6.14. The molecule has 74 valence electrons. The molecule has 2 aromatic rings. The normalized spacial score (nSPS) is 11.0. The maximum atomic E-state index is 2.41. The van der Waals surface area contributed by atoms with E-state index >= 15 is 0 Å². The van der Waals surface area contributed by atoms with Crippen LogP contribution in [0.25, 0.3) is 10.9 Å². The van der Waals surface area contributed by atoms with Gasteiger partial charge in [-0.25, -0.2) is 0 Å². The Balaban J connectivity index is 2.44. The van der Waals surface area contributed by atoms with Crippen molar-refractivity contribution in [2.75, 3.05) is 0 Å². The lowest BCUT2D eigenvalue weighted by Gasteiger charge is -2.02. The number of hydrogen-bond acceptors (Lipinski definition) is 0. The molecule has 0 fully saturated rings. The summed E-state index contributed by atoms with van der Waals surface area (Å²) in [6, 6.07) is 8.61.